The summed E-state index contributed by atoms with van der Waals surface area (Å²) >= 11 is 0. The highest BCUT2D eigenvalue weighted by Crippen LogP contribution is 2.10. The number of hydrogen-bond donors (Lipinski definition) is 3. The maximum Gasteiger partial charge on any atom is 0.0900 e. The van der Waals surface area contributed by atoms with Crippen LogP contribution in [-0.4, -0.2) is 23.9 Å². The Balaban J connectivity index is 2.40. The Morgan fingerprint density at radius 1 is 1.75 bits per heavy atom. The average Bonchev–Trinajstić information content (AvgIpc) is 2.17. The minimum atomic E-state index is -0.458. The minimum Gasteiger partial charge on any atom is -0.393 e. The van der Waals surface area contributed by atoms with Gasteiger partial charge in [0, 0.05) is 0 Å². The number of rotatable bonds is 1. The van der Waals surface area contributed by atoms with Gasteiger partial charge < -0.3 is 10.8 Å². The van der Waals surface area contributed by atoms with E-state index in [1.165, 1.54) is 0 Å². The molecule has 1 fully saturated rings. The molecule has 3 nitrogen and oxygen atoms in total. The van der Waals surface area contributed by atoms with Crippen molar-refractivity contribution < 1.29 is 5.11 Å². The number of nitrogens with one attached hydrogen (secondary N) is 1. The highest BCUT2D eigenvalue weighted by atomic mass is 16.3. The van der Waals surface area contributed by atoms with Crippen molar-refractivity contribution in [3.8, 4) is 0 Å². The van der Waals surface area contributed by atoms with Gasteiger partial charge in [0.25, 0.3) is 0 Å². The molecule has 1 heterocycles. The molecule has 0 unspecified atom stereocenters. The summed E-state index contributed by atoms with van der Waals surface area (Å²) in [6, 6.07) is 0. The Morgan fingerprint density at radius 3 is 2.75 bits per heavy atom. The summed E-state index contributed by atoms with van der Waals surface area (Å²) in [5.74, 6) is 0. The van der Waals surface area contributed by atoms with Gasteiger partial charge in [-0.2, -0.15) is 0 Å². The van der Waals surface area contributed by atoms with Crippen LogP contribution in [0, 0.1) is 0 Å². The monoisotopic (exact) mass is 116 g/mol. The zero-order valence-corrected chi connectivity index (χ0v) is 4.85. The molecular formula is C5H12N2O. The third-order valence-electron chi connectivity index (χ3n) is 1.56. The molecule has 0 radical (unpaired) electrons. The van der Waals surface area contributed by atoms with Gasteiger partial charge in [0.15, 0.2) is 0 Å². The first-order valence-electron chi connectivity index (χ1n) is 2.92. The highest BCUT2D eigenvalue weighted by Gasteiger charge is 2.26. The van der Waals surface area contributed by atoms with E-state index in [1.807, 2.05) is 0 Å². The lowest BCUT2D eigenvalue weighted by Gasteiger charge is -2.19. The summed E-state index contributed by atoms with van der Waals surface area (Å²) in [4.78, 5) is 0. The van der Waals surface area contributed by atoms with Crippen molar-refractivity contribution >= 4 is 0 Å². The molecule has 0 bridgehead atoms. The van der Waals surface area contributed by atoms with Crippen LogP contribution in [0.3, 0.4) is 0 Å². The van der Waals surface area contributed by atoms with E-state index in [1.54, 1.807) is 0 Å². The van der Waals surface area contributed by atoms with Crippen LogP contribution in [0.2, 0.25) is 0 Å². The summed E-state index contributed by atoms with van der Waals surface area (Å²) in [7, 11) is 0. The topological polar surface area (TPSA) is 58.3 Å². The molecule has 0 aromatic heterocycles. The summed E-state index contributed by atoms with van der Waals surface area (Å²) in [6.07, 6.45) is 1.97. The maximum absolute atomic E-state index is 8.64. The van der Waals surface area contributed by atoms with Crippen molar-refractivity contribution in [2.75, 3.05) is 13.2 Å². The van der Waals surface area contributed by atoms with E-state index in [2.05, 4.69) is 5.32 Å². The second kappa shape index (κ2) is 2.01. The van der Waals surface area contributed by atoms with Crippen LogP contribution in [0.1, 0.15) is 12.8 Å². The summed E-state index contributed by atoms with van der Waals surface area (Å²) in [5.41, 5.74) is 5.14. The zero-order valence-electron chi connectivity index (χ0n) is 4.85. The molecule has 3 heteroatoms. The molecule has 0 amide bonds. The molecule has 0 saturated carbocycles. The van der Waals surface area contributed by atoms with Crippen molar-refractivity contribution in [1.82, 2.24) is 5.32 Å². The molecule has 1 aliphatic heterocycles. The lowest BCUT2D eigenvalue weighted by Crippen LogP contribution is -2.51. The second-order valence-electron chi connectivity index (χ2n) is 2.34. The number of aliphatic hydroxyl groups excluding tert-OH is 1. The van der Waals surface area contributed by atoms with Gasteiger partial charge in [-0.15, -0.1) is 0 Å². The lowest BCUT2D eigenvalue weighted by molar-refractivity contribution is 0.183. The van der Waals surface area contributed by atoms with Gasteiger partial charge >= 0.3 is 0 Å². The predicted octanol–water partition coefficient (Wildman–Crippen LogP) is -0.983. The molecule has 8 heavy (non-hydrogen) atoms. The summed E-state index contributed by atoms with van der Waals surface area (Å²) in [5, 5.41) is 11.6. The van der Waals surface area contributed by atoms with Crippen LogP contribution >= 0.6 is 0 Å². The molecule has 1 saturated heterocycles. The fraction of sp³-hybridized carbons (Fsp3) is 1.00. The number of nitrogens with two attached hydrogens (primary N) is 1. The van der Waals surface area contributed by atoms with Gasteiger partial charge in [-0.3, -0.25) is 5.32 Å². The zero-order chi connectivity index (χ0) is 6.04. The van der Waals surface area contributed by atoms with E-state index in [4.69, 9.17) is 10.8 Å². The van der Waals surface area contributed by atoms with E-state index in [9.17, 15) is 0 Å². The van der Waals surface area contributed by atoms with Gasteiger partial charge in [-0.25, -0.2) is 0 Å². The smallest absolute Gasteiger partial charge is 0.0900 e. The Morgan fingerprint density at radius 2 is 2.50 bits per heavy atom. The molecule has 0 spiro atoms. The van der Waals surface area contributed by atoms with Crippen LogP contribution in [-0.2, 0) is 0 Å². The van der Waals surface area contributed by atoms with Crippen molar-refractivity contribution in [2.45, 2.75) is 18.5 Å². The molecular weight excluding hydrogens is 104 g/mol. The van der Waals surface area contributed by atoms with Gasteiger partial charge in [0.05, 0.1) is 12.3 Å². The van der Waals surface area contributed by atoms with Crippen molar-refractivity contribution in [3.63, 3.8) is 0 Å². The molecule has 0 aromatic rings. The fourth-order valence-corrected chi connectivity index (χ4v) is 0.965. The third-order valence-corrected chi connectivity index (χ3v) is 1.56. The Labute approximate surface area is 48.9 Å². The fourth-order valence-electron chi connectivity index (χ4n) is 0.965. The number of hydrogen-bond acceptors (Lipinski definition) is 3. The molecule has 1 atom stereocenters. The Hall–Kier alpha value is -0.120. The van der Waals surface area contributed by atoms with Crippen molar-refractivity contribution in [2.24, 2.45) is 5.73 Å². The van der Waals surface area contributed by atoms with E-state index < -0.39 is 5.66 Å². The Kier molecular flexibility index (Phi) is 1.51. The summed E-state index contributed by atoms with van der Waals surface area (Å²) < 4.78 is 0. The van der Waals surface area contributed by atoms with Crippen molar-refractivity contribution in [3.05, 3.63) is 0 Å². The highest BCUT2D eigenvalue weighted by molar-refractivity contribution is 4.85. The average molecular weight is 116 g/mol. The van der Waals surface area contributed by atoms with Gasteiger partial charge in [-0.1, -0.05) is 0 Å². The molecule has 48 valence electrons. The quantitative estimate of drug-likeness (QED) is 0.412. The predicted molar refractivity (Wildman–Crippen MR) is 31.2 cm³/mol. The van der Waals surface area contributed by atoms with Crippen LogP contribution in [0.5, 0.6) is 0 Å². The van der Waals surface area contributed by atoms with E-state index in [-0.39, 0.29) is 6.61 Å². The van der Waals surface area contributed by atoms with Gasteiger partial charge in [0.2, 0.25) is 0 Å². The van der Waals surface area contributed by atoms with Crippen LogP contribution in [0.15, 0.2) is 0 Å². The summed E-state index contributed by atoms with van der Waals surface area (Å²) in [6.45, 7) is 0.990. The van der Waals surface area contributed by atoms with E-state index in [0.29, 0.717) is 0 Å². The Bertz CT molecular complexity index is 78.5. The van der Waals surface area contributed by atoms with E-state index >= 15 is 0 Å². The maximum atomic E-state index is 8.64. The molecule has 0 aliphatic carbocycles. The van der Waals surface area contributed by atoms with Gasteiger partial charge in [0.1, 0.15) is 0 Å². The molecule has 1 aliphatic rings. The third kappa shape index (κ3) is 0.992. The van der Waals surface area contributed by atoms with Gasteiger partial charge in [-0.05, 0) is 19.4 Å². The van der Waals surface area contributed by atoms with Crippen molar-refractivity contribution in [1.29, 1.82) is 0 Å². The first-order chi connectivity index (χ1) is 3.77. The molecule has 4 N–H and O–H groups in total. The SMILES string of the molecule is N[C@@]1(CO)CCCN1. The van der Waals surface area contributed by atoms with Crippen LogP contribution in [0.4, 0.5) is 0 Å². The second-order valence-corrected chi connectivity index (χ2v) is 2.34. The first kappa shape index (κ1) is 6.01. The van der Waals surface area contributed by atoms with Crippen LogP contribution in [0.25, 0.3) is 0 Å². The lowest BCUT2D eigenvalue weighted by atomic mass is 10.1. The molecule has 0 aromatic carbocycles. The number of aliphatic hydroxyl groups is 1. The standard InChI is InChI=1S/C5H12N2O/c6-5(4-8)2-1-3-7-5/h7-8H,1-4,6H2/t5-/m0/s1. The molecule has 1 rings (SSSR count). The van der Waals surface area contributed by atoms with E-state index in [0.717, 1.165) is 19.4 Å². The minimum absolute atomic E-state index is 0.0486. The normalized spacial score (nSPS) is 38.2. The largest absolute Gasteiger partial charge is 0.393 e. The first-order valence-corrected chi connectivity index (χ1v) is 2.92. The van der Waals surface area contributed by atoms with Crippen LogP contribution < -0.4 is 11.1 Å².